The van der Waals surface area contributed by atoms with Crippen LogP contribution in [-0.4, -0.2) is 39.9 Å². The molecule has 2 heterocycles. The standard InChI is InChI=1S/C22H29N5O3/c1-5-29-13-18-26-19-20(16-10-6-7-11-17(16)25-21(19)23)27(18)30-15(4)9-8-12-24-22(28)14(2)3/h6-7,10-11,15H,2,5,8-9,12-13H2,1,3-4H3,(H2,23,25)(H,24,28). The van der Waals surface area contributed by atoms with E-state index in [2.05, 4.69) is 21.9 Å². The fourth-order valence-corrected chi connectivity index (χ4v) is 3.20. The highest BCUT2D eigenvalue weighted by Crippen LogP contribution is 2.28. The van der Waals surface area contributed by atoms with Gasteiger partial charge in [-0.05, 0) is 39.7 Å². The molecule has 0 saturated carbocycles. The molecular weight excluding hydrogens is 382 g/mol. The zero-order valence-corrected chi connectivity index (χ0v) is 17.8. The first-order chi connectivity index (χ1) is 14.4. The Kier molecular flexibility index (Phi) is 6.89. The fraction of sp³-hybridized carbons (Fsp3) is 0.409. The van der Waals surface area contributed by atoms with Crippen molar-refractivity contribution < 1.29 is 14.4 Å². The van der Waals surface area contributed by atoms with Crippen LogP contribution in [-0.2, 0) is 16.1 Å². The summed E-state index contributed by atoms with van der Waals surface area (Å²) in [6.45, 7) is 10.7. The molecule has 30 heavy (non-hydrogen) atoms. The number of rotatable bonds is 10. The first kappa shape index (κ1) is 21.6. The Morgan fingerprint density at radius 2 is 2.10 bits per heavy atom. The predicted octanol–water partition coefficient (Wildman–Crippen LogP) is 2.99. The molecule has 8 nitrogen and oxygen atoms in total. The van der Waals surface area contributed by atoms with Crippen LogP contribution in [0.4, 0.5) is 5.82 Å². The van der Waals surface area contributed by atoms with Crippen LogP contribution in [0.15, 0.2) is 36.4 Å². The quantitative estimate of drug-likeness (QED) is 0.393. The number of nitrogens with zero attached hydrogens (tertiary/aromatic N) is 3. The number of carbonyl (C=O) groups excluding carboxylic acids is 1. The molecular formula is C22H29N5O3. The maximum atomic E-state index is 11.6. The second-order valence-electron chi connectivity index (χ2n) is 7.27. The van der Waals surface area contributed by atoms with Crippen LogP contribution in [0.5, 0.6) is 0 Å². The smallest absolute Gasteiger partial charge is 0.246 e. The van der Waals surface area contributed by atoms with Gasteiger partial charge in [0.15, 0.2) is 11.6 Å². The van der Waals surface area contributed by atoms with Gasteiger partial charge in [-0.3, -0.25) is 4.79 Å². The van der Waals surface area contributed by atoms with Crippen LogP contribution in [0.1, 0.15) is 39.4 Å². The van der Waals surface area contributed by atoms with Gasteiger partial charge in [-0.1, -0.05) is 24.8 Å². The van der Waals surface area contributed by atoms with Crippen molar-refractivity contribution in [1.29, 1.82) is 0 Å². The molecule has 1 aromatic carbocycles. The number of benzene rings is 1. The van der Waals surface area contributed by atoms with E-state index in [9.17, 15) is 4.79 Å². The van der Waals surface area contributed by atoms with Crippen LogP contribution < -0.4 is 15.9 Å². The monoisotopic (exact) mass is 411 g/mol. The van der Waals surface area contributed by atoms with Crippen molar-refractivity contribution in [3.05, 3.63) is 42.2 Å². The molecule has 0 spiro atoms. The summed E-state index contributed by atoms with van der Waals surface area (Å²) < 4.78 is 7.31. The number of ether oxygens (including phenoxy) is 1. The number of amides is 1. The van der Waals surface area contributed by atoms with E-state index in [1.54, 1.807) is 11.7 Å². The number of nitrogens with two attached hydrogens (primary N) is 1. The molecule has 3 aromatic rings. The Labute approximate surface area is 176 Å². The number of pyridine rings is 1. The number of anilines is 1. The number of imidazole rings is 1. The van der Waals surface area contributed by atoms with Crippen molar-refractivity contribution in [3.63, 3.8) is 0 Å². The fourth-order valence-electron chi connectivity index (χ4n) is 3.20. The Morgan fingerprint density at radius 3 is 2.83 bits per heavy atom. The van der Waals surface area contributed by atoms with Gasteiger partial charge in [0.1, 0.15) is 23.7 Å². The molecule has 1 atom stereocenters. The van der Waals surface area contributed by atoms with Gasteiger partial charge in [-0.15, -0.1) is 0 Å². The molecule has 0 saturated heterocycles. The van der Waals surface area contributed by atoms with Gasteiger partial charge >= 0.3 is 0 Å². The third-order valence-corrected chi connectivity index (χ3v) is 4.73. The van der Waals surface area contributed by atoms with E-state index in [1.165, 1.54) is 0 Å². The van der Waals surface area contributed by atoms with Crippen LogP contribution in [0.2, 0.25) is 0 Å². The zero-order chi connectivity index (χ0) is 21.7. The molecule has 0 aliphatic carbocycles. The van der Waals surface area contributed by atoms with Crippen LogP contribution >= 0.6 is 0 Å². The average molecular weight is 412 g/mol. The molecule has 0 fully saturated rings. The molecule has 3 rings (SSSR count). The number of nitrogen functional groups attached to an aromatic ring is 1. The molecule has 0 aliphatic rings. The van der Waals surface area contributed by atoms with Gasteiger partial charge < -0.3 is 20.6 Å². The maximum Gasteiger partial charge on any atom is 0.246 e. The predicted molar refractivity (Wildman–Crippen MR) is 118 cm³/mol. The highest BCUT2D eigenvalue weighted by Gasteiger charge is 2.20. The third-order valence-electron chi connectivity index (χ3n) is 4.73. The summed E-state index contributed by atoms with van der Waals surface area (Å²) in [5.74, 6) is 0.871. The minimum Gasteiger partial charge on any atom is -0.409 e. The van der Waals surface area contributed by atoms with E-state index in [0.29, 0.717) is 42.5 Å². The number of nitrogens with one attached hydrogen (secondary N) is 1. The highest BCUT2D eigenvalue weighted by molar-refractivity contribution is 6.06. The number of fused-ring (bicyclic) bond motifs is 3. The SMILES string of the molecule is C=C(C)C(=O)NCCCC(C)On1c(COCC)nc2c(N)nc3ccccc3c21. The Hall–Kier alpha value is -3.13. The molecule has 2 aromatic heterocycles. The van der Waals surface area contributed by atoms with E-state index < -0.39 is 0 Å². The molecule has 1 unspecified atom stereocenters. The lowest BCUT2D eigenvalue weighted by Gasteiger charge is -2.18. The first-order valence-electron chi connectivity index (χ1n) is 10.2. The number of hydrogen-bond acceptors (Lipinski definition) is 6. The minimum absolute atomic E-state index is 0.113. The summed E-state index contributed by atoms with van der Waals surface area (Å²) in [6, 6.07) is 7.77. The Balaban J connectivity index is 1.85. The first-order valence-corrected chi connectivity index (χ1v) is 10.2. The molecule has 1 amide bonds. The minimum atomic E-state index is -0.127. The third kappa shape index (κ3) is 4.71. The number of carbonyl (C=O) groups is 1. The molecule has 0 bridgehead atoms. The molecule has 0 radical (unpaired) electrons. The lowest BCUT2D eigenvalue weighted by molar-refractivity contribution is -0.117. The second-order valence-corrected chi connectivity index (χ2v) is 7.27. The molecule has 0 aliphatic heterocycles. The zero-order valence-electron chi connectivity index (χ0n) is 17.8. The summed E-state index contributed by atoms with van der Waals surface area (Å²) in [5, 5.41) is 3.75. The summed E-state index contributed by atoms with van der Waals surface area (Å²) in [6.07, 6.45) is 1.42. The van der Waals surface area contributed by atoms with E-state index in [0.717, 1.165) is 29.3 Å². The van der Waals surface area contributed by atoms with Gasteiger partial charge in [0.2, 0.25) is 5.91 Å². The lowest BCUT2D eigenvalue weighted by atomic mass is 10.2. The van der Waals surface area contributed by atoms with E-state index in [-0.39, 0.29) is 12.0 Å². The molecule has 3 N–H and O–H groups in total. The lowest BCUT2D eigenvalue weighted by Crippen LogP contribution is -2.28. The Bertz CT molecular complexity index is 1060. The van der Waals surface area contributed by atoms with Gasteiger partial charge in [0.05, 0.1) is 5.52 Å². The number of hydrogen-bond donors (Lipinski definition) is 2. The van der Waals surface area contributed by atoms with E-state index >= 15 is 0 Å². The number of para-hydroxylation sites is 1. The number of aromatic nitrogens is 3. The van der Waals surface area contributed by atoms with Crippen molar-refractivity contribution in [1.82, 2.24) is 20.0 Å². The van der Waals surface area contributed by atoms with Crippen molar-refractivity contribution >= 4 is 33.7 Å². The summed E-state index contributed by atoms with van der Waals surface area (Å²) >= 11 is 0. The highest BCUT2D eigenvalue weighted by atomic mass is 16.7. The average Bonchev–Trinajstić information content (AvgIpc) is 3.08. The largest absolute Gasteiger partial charge is 0.409 e. The van der Waals surface area contributed by atoms with Crippen LogP contribution in [0.25, 0.3) is 21.9 Å². The van der Waals surface area contributed by atoms with Gasteiger partial charge in [-0.25, -0.2) is 9.97 Å². The normalized spacial score (nSPS) is 12.2. The van der Waals surface area contributed by atoms with Crippen molar-refractivity contribution in [2.24, 2.45) is 0 Å². The van der Waals surface area contributed by atoms with E-state index in [1.807, 2.05) is 38.1 Å². The summed E-state index contributed by atoms with van der Waals surface area (Å²) in [4.78, 5) is 27.0. The van der Waals surface area contributed by atoms with Crippen molar-refractivity contribution in [2.75, 3.05) is 18.9 Å². The second kappa shape index (κ2) is 9.58. The molecule has 8 heteroatoms. The van der Waals surface area contributed by atoms with Gasteiger partial charge in [0.25, 0.3) is 0 Å². The maximum absolute atomic E-state index is 11.6. The summed E-state index contributed by atoms with van der Waals surface area (Å²) in [7, 11) is 0. The van der Waals surface area contributed by atoms with Gasteiger partial charge in [-0.2, -0.15) is 4.73 Å². The van der Waals surface area contributed by atoms with Crippen molar-refractivity contribution in [2.45, 2.75) is 46.3 Å². The van der Waals surface area contributed by atoms with Crippen molar-refractivity contribution in [3.8, 4) is 0 Å². The summed E-state index contributed by atoms with van der Waals surface area (Å²) in [5.41, 5.74) is 8.86. The van der Waals surface area contributed by atoms with Crippen LogP contribution in [0, 0.1) is 0 Å². The molecule has 160 valence electrons. The van der Waals surface area contributed by atoms with Gasteiger partial charge in [0, 0.05) is 24.1 Å². The van der Waals surface area contributed by atoms with Crippen LogP contribution in [0.3, 0.4) is 0 Å². The topological polar surface area (TPSA) is 104 Å². The van der Waals surface area contributed by atoms with E-state index in [4.69, 9.17) is 15.3 Å². The Morgan fingerprint density at radius 1 is 1.33 bits per heavy atom.